The van der Waals surface area contributed by atoms with Crippen molar-refractivity contribution in [1.29, 1.82) is 0 Å². The van der Waals surface area contributed by atoms with Crippen LogP contribution < -0.4 is 5.32 Å². The summed E-state index contributed by atoms with van der Waals surface area (Å²) in [4.78, 5) is 14.7. The maximum Gasteiger partial charge on any atom is 0.242 e. The van der Waals surface area contributed by atoms with Crippen molar-refractivity contribution in [2.24, 2.45) is 5.92 Å². The summed E-state index contributed by atoms with van der Waals surface area (Å²) in [5.74, 6) is 1.52. The zero-order valence-electron chi connectivity index (χ0n) is 13.0. The van der Waals surface area contributed by atoms with Gasteiger partial charge in [-0.15, -0.1) is 0 Å². The number of anilines is 1. The molecule has 5 heteroatoms. The Morgan fingerprint density at radius 3 is 2.85 bits per heavy atom. The lowest BCUT2D eigenvalue weighted by Crippen LogP contribution is -2.46. The predicted octanol–water partition coefficient (Wildman–Crippen LogP) is 2.52. The Hall–Kier alpha value is -1.36. The average Bonchev–Trinajstić information content (AvgIpc) is 2.86. The molecule has 1 aliphatic heterocycles. The molecule has 0 saturated carbocycles. The molecule has 112 valence electrons. The first-order valence-electron chi connectivity index (χ1n) is 7.57. The van der Waals surface area contributed by atoms with Crippen LogP contribution in [-0.4, -0.2) is 39.7 Å². The molecule has 0 aromatic carbocycles. The minimum absolute atomic E-state index is 0.0569. The minimum Gasteiger partial charge on any atom is -0.310 e. The summed E-state index contributed by atoms with van der Waals surface area (Å²) in [7, 11) is 0. The van der Waals surface area contributed by atoms with Gasteiger partial charge in [-0.3, -0.25) is 9.69 Å². The number of rotatable bonds is 4. The van der Waals surface area contributed by atoms with Crippen molar-refractivity contribution in [3.63, 3.8) is 0 Å². The van der Waals surface area contributed by atoms with Gasteiger partial charge in [0.25, 0.3) is 0 Å². The summed E-state index contributed by atoms with van der Waals surface area (Å²) < 4.78 is 1.84. The van der Waals surface area contributed by atoms with Crippen LogP contribution in [0.1, 0.15) is 46.6 Å². The fourth-order valence-electron chi connectivity index (χ4n) is 2.80. The van der Waals surface area contributed by atoms with Gasteiger partial charge < -0.3 is 5.32 Å². The topological polar surface area (TPSA) is 50.2 Å². The van der Waals surface area contributed by atoms with E-state index in [9.17, 15) is 4.79 Å². The van der Waals surface area contributed by atoms with Crippen LogP contribution in [0.25, 0.3) is 0 Å². The van der Waals surface area contributed by atoms with Gasteiger partial charge in [-0.1, -0.05) is 6.92 Å². The third-order valence-corrected chi connectivity index (χ3v) is 4.03. The first kappa shape index (κ1) is 15.0. The van der Waals surface area contributed by atoms with Crippen molar-refractivity contribution < 1.29 is 4.79 Å². The standard InChI is InChI=1S/C15H26N4O/c1-11(2)19-14(7-8-16-19)17-15(20)13(4)18-9-5-6-12(3)10-18/h7-8,11-13H,5-6,9-10H2,1-4H3,(H,17,20)/t12-,13-/m1/s1. The number of likely N-dealkylation sites (tertiary alicyclic amines) is 1. The highest BCUT2D eigenvalue weighted by Gasteiger charge is 2.26. The van der Waals surface area contributed by atoms with E-state index in [1.807, 2.05) is 17.7 Å². The lowest BCUT2D eigenvalue weighted by molar-refractivity contribution is -0.121. The molecule has 20 heavy (non-hydrogen) atoms. The van der Waals surface area contributed by atoms with Crippen LogP contribution in [0.4, 0.5) is 5.82 Å². The van der Waals surface area contributed by atoms with Gasteiger partial charge in [-0.2, -0.15) is 5.10 Å². The number of piperidine rings is 1. The molecular weight excluding hydrogens is 252 g/mol. The number of hydrogen-bond acceptors (Lipinski definition) is 3. The number of carbonyl (C=O) groups excluding carboxylic acids is 1. The Kier molecular flexibility index (Phi) is 4.81. The highest BCUT2D eigenvalue weighted by molar-refractivity contribution is 5.93. The highest BCUT2D eigenvalue weighted by Crippen LogP contribution is 2.19. The molecule has 1 aromatic rings. The van der Waals surface area contributed by atoms with Gasteiger partial charge >= 0.3 is 0 Å². The van der Waals surface area contributed by atoms with E-state index in [0.717, 1.165) is 18.9 Å². The summed E-state index contributed by atoms with van der Waals surface area (Å²) in [5, 5.41) is 7.24. The van der Waals surface area contributed by atoms with Gasteiger partial charge in [-0.05, 0) is 46.1 Å². The average molecular weight is 278 g/mol. The maximum absolute atomic E-state index is 12.4. The van der Waals surface area contributed by atoms with E-state index < -0.39 is 0 Å². The second kappa shape index (κ2) is 6.39. The van der Waals surface area contributed by atoms with Gasteiger partial charge in [0, 0.05) is 18.7 Å². The van der Waals surface area contributed by atoms with E-state index in [2.05, 4.69) is 36.1 Å². The quantitative estimate of drug-likeness (QED) is 0.920. The molecule has 2 heterocycles. The Balaban J connectivity index is 1.98. The molecule has 1 aromatic heterocycles. The fourth-order valence-corrected chi connectivity index (χ4v) is 2.80. The lowest BCUT2D eigenvalue weighted by Gasteiger charge is -2.34. The molecule has 1 fully saturated rings. The van der Waals surface area contributed by atoms with Gasteiger partial charge in [0.2, 0.25) is 5.91 Å². The summed E-state index contributed by atoms with van der Waals surface area (Å²) in [6.07, 6.45) is 4.18. The first-order valence-corrected chi connectivity index (χ1v) is 7.57. The van der Waals surface area contributed by atoms with E-state index in [1.165, 1.54) is 12.8 Å². The van der Waals surface area contributed by atoms with Crippen molar-refractivity contribution in [2.75, 3.05) is 18.4 Å². The number of carbonyl (C=O) groups is 1. The molecule has 0 spiro atoms. The number of aromatic nitrogens is 2. The van der Waals surface area contributed by atoms with E-state index in [-0.39, 0.29) is 18.0 Å². The zero-order valence-corrected chi connectivity index (χ0v) is 13.0. The van der Waals surface area contributed by atoms with Crippen molar-refractivity contribution in [2.45, 2.75) is 52.6 Å². The molecule has 1 N–H and O–H groups in total. The predicted molar refractivity (Wildman–Crippen MR) is 80.7 cm³/mol. The van der Waals surface area contributed by atoms with Crippen molar-refractivity contribution in [3.05, 3.63) is 12.3 Å². The van der Waals surface area contributed by atoms with Crippen LogP contribution in [0, 0.1) is 5.92 Å². The normalized spacial score (nSPS) is 21.9. The van der Waals surface area contributed by atoms with Crippen LogP contribution in [0.2, 0.25) is 0 Å². The lowest BCUT2D eigenvalue weighted by atomic mass is 9.99. The van der Waals surface area contributed by atoms with E-state index in [0.29, 0.717) is 5.92 Å². The summed E-state index contributed by atoms with van der Waals surface area (Å²) >= 11 is 0. The van der Waals surface area contributed by atoms with E-state index in [4.69, 9.17) is 0 Å². The van der Waals surface area contributed by atoms with Crippen molar-refractivity contribution in [3.8, 4) is 0 Å². The van der Waals surface area contributed by atoms with Gasteiger partial charge in [0.15, 0.2) is 0 Å². The molecule has 1 amide bonds. The number of nitrogens with zero attached hydrogens (tertiary/aromatic N) is 3. The smallest absolute Gasteiger partial charge is 0.242 e. The van der Waals surface area contributed by atoms with E-state index in [1.54, 1.807) is 6.20 Å². The highest BCUT2D eigenvalue weighted by atomic mass is 16.2. The van der Waals surface area contributed by atoms with E-state index >= 15 is 0 Å². The third kappa shape index (κ3) is 3.39. The van der Waals surface area contributed by atoms with Gasteiger partial charge in [0.1, 0.15) is 5.82 Å². The molecule has 2 rings (SSSR count). The van der Waals surface area contributed by atoms with Crippen LogP contribution in [0.15, 0.2) is 12.3 Å². The van der Waals surface area contributed by atoms with Crippen LogP contribution in [0.3, 0.4) is 0 Å². The first-order chi connectivity index (χ1) is 9.49. The Bertz CT molecular complexity index is 454. The van der Waals surface area contributed by atoms with Gasteiger partial charge in [0.05, 0.1) is 12.2 Å². The Labute approximate surface area is 121 Å². The molecule has 0 radical (unpaired) electrons. The molecule has 1 aliphatic rings. The maximum atomic E-state index is 12.4. The zero-order chi connectivity index (χ0) is 14.7. The summed E-state index contributed by atoms with van der Waals surface area (Å²) in [6, 6.07) is 2.00. The molecule has 0 aliphatic carbocycles. The molecular formula is C15H26N4O. The SMILES string of the molecule is CC(C)n1nccc1NC(=O)[C@@H](C)N1CCC[C@@H](C)C1. The molecule has 5 nitrogen and oxygen atoms in total. The minimum atomic E-state index is -0.0896. The fraction of sp³-hybridized carbons (Fsp3) is 0.733. The summed E-state index contributed by atoms with van der Waals surface area (Å²) in [6.45, 7) is 10.4. The monoisotopic (exact) mass is 278 g/mol. The largest absolute Gasteiger partial charge is 0.310 e. The number of nitrogens with one attached hydrogen (secondary N) is 1. The Morgan fingerprint density at radius 1 is 1.45 bits per heavy atom. The third-order valence-electron chi connectivity index (χ3n) is 4.03. The van der Waals surface area contributed by atoms with Crippen LogP contribution in [-0.2, 0) is 4.79 Å². The number of hydrogen-bond donors (Lipinski definition) is 1. The molecule has 0 bridgehead atoms. The molecule has 0 unspecified atom stereocenters. The second-order valence-corrected chi connectivity index (χ2v) is 6.16. The summed E-state index contributed by atoms with van der Waals surface area (Å²) in [5.41, 5.74) is 0. The van der Waals surface area contributed by atoms with Crippen LogP contribution >= 0.6 is 0 Å². The van der Waals surface area contributed by atoms with Crippen LogP contribution in [0.5, 0.6) is 0 Å². The van der Waals surface area contributed by atoms with Crippen molar-refractivity contribution >= 4 is 11.7 Å². The molecule has 1 saturated heterocycles. The van der Waals surface area contributed by atoms with Gasteiger partial charge in [-0.25, -0.2) is 4.68 Å². The number of amides is 1. The Morgan fingerprint density at radius 2 is 2.20 bits per heavy atom. The molecule has 2 atom stereocenters. The van der Waals surface area contributed by atoms with Crippen molar-refractivity contribution in [1.82, 2.24) is 14.7 Å². The second-order valence-electron chi connectivity index (χ2n) is 6.16.